The maximum absolute atomic E-state index is 10.6. The van der Waals surface area contributed by atoms with Crippen molar-refractivity contribution in [2.45, 2.75) is 5.92 Å². The average molecular weight is 220 g/mol. The fraction of sp³-hybridized carbons (Fsp3) is 0.111. The molecule has 0 aliphatic heterocycles. The predicted molar refractivity (Wildman–Crippen MR) is 51.6 cm³/mol. The molecule has 0 unspecified atom stereocenters. The molecule has 0 aliphatic rings. The molecular weight excluding hydrogens is 211 g/mol. The van der Waals surface area contributed by atoms with Gasteiger partial charge >= 0.3 is 63.3 Å². The summed E-state index contributed by atoms with van der Waals surface area (Å²) in [7, 11) is 0. The van der Waals surface area contributed by atoms with Crippen LogP contribution in [0.1, 0.15) is 11.5 Å². The number of carboxylic acids is 2. The van der Waals surface area contributed by atoms with Crippen molar-refractivity contribution in [3.63, 3.8) is 0 Å². The van der Waals surface area contributed by atoms with Crippen molar-refractivity contribution in [2.75, 3.05) is 0 Å². The molecule has 1 aromatic carbocycles. The molecular formula is C9H9KO4. The van der Waals surface area contributed by atoms with Gasteiger partial charge in [0.15, 0.2) is 5.92 Å². The summed E-state index contributed by atoms with van der Waals surface area (Å²) in [5.74, 6) is -4.17. The Morgan fingerprint density at radius 2 is 1.43 bits per heavy atom. The van der Waals surface area contributed by atoms with E-state index in [9.17, 15) is 9.59 Å². The number of benzene rings is 1. The first-order valence-electron chi connectivity index (χ1n) is 3.63. The summed E-state index contributed by atoms with van der Waals surface area (Å²) in [6, 6.07) is 7.87. The van der Waals surface area contributed by atoms with Crippen molar-refractivity contribution in [1.29, 1.82) is 0 Å². The third kappa shape index (κ3) is 3.51. The van der Waals surface area contributed by atoms with Crippen LogP contribution in [0.2, 0.25) is 0 Å². The SMILES string of the molecule is O=C(O)C(C(=O)O)c1ccccc1.[KH]. The Hall–Kier alpha value is -0.204. The molecule has 0 spiro atoms. The Morgan fingerprint density at radius 3 is 1.79 bits per heavy atom. The summed E-state index contributed by atoms with van der Waals surface area (Å²) in [5, 5.41) is 17.2. The van der Waals surface area contributed by atoms with E-state index in [4.69, 9.17) is 10.2 Å². The van der Waals surface area contributed by atoms with Gasteiger partial charge in [0, 0.05) is 0 Å². The van der Waals surface area contributed by atoms with E-state index in [2.05, 4.69) is 0 Å². The van der Waals surface area contributed by atoms with Crippen LogP contribution < -0.4 is 0 Å². The molecule has 14 heavy (non-hydrogen) atoms. The van der Waals surface area contributed by atoms with Gasteiger partial charge in [-0.3, -0.25) is 9.59 Å². The number of carbonyl (C=O) groups is 2. The zero-order valence-corrected chi connectivity index (χ0v) is 6.68. The van der Waals surface area contributed by atoms with Gasteiger partial charge < -0.3 is 10.2 Å². The van der Waals surface area contributed by atoms with Gasteiger partial charge in [-0.1, -0.05) is 30.3 Å². The molecule has 0 atom stereocenters. The summed E-state index contributed by atoms with van der Waals surface area (Å²) in [5.41, 5.74) is 0.280. The van der Waals surface area contributed by atoms with Gasteiger partial charge in [0.25, 0.3) is 0 Å². The van der Waals surface area contributed by atoms with Crippen LogP contribution in [0.4, 0.5) is 0 Å². The number of carboxylic acid groups (broad SMARTS) is 2. The van der Waals surface area contributed by atoms with E-state index < -0.39 is 17.9 Å². The van der Waals surface area contributed by atoms with Crippen LogP contribution >= 0.6 is 0 Å². The molecule has 5 heteroatoms. The maximum atomic E-state index is 10.6. The fourth-order valence-corrected chi connectivity index (χ4v) is 1.04. The van der Waals surface area contributed by atoms with Gasteiger partial charge in [0.1, 0.15) is 0 Å². The summed E-state index contributed by atoms with van der Waals surface area (Å²) in [6.45, 7) is 0. The first-order valence-corrected chi connectivity index (χ1v) is 3.63. The van der Waals surface area contributed by atoms with Crippen molar-refractivity contribution in [3.05, 3.63) is 35.9 Å². The number of hydrogen-bond donors (Lipinski definition) is 2. The summed E-state index contributed by atoms with van der Waals surface area (Å²) in [6.07, 6.45) is 0. The van der Waals surface area contributed by atoms with Gasteiger partial charge in [0.2, 0.25) is 0 Å². The minimum atomic E-state index is -1.47. The fourth-order valence-electron chi connectivity index (χ4n) is 1.04. The molecule has 0 amide bonds. The summed E-state index contributed by atoms with van der Waals surface area (Å²) < 4.78 is 0. The molecule has 0 bridgehead atoms. The monoisotopic (exact) mass is 220 g/mol. The van der Waals surface area contributed by atoms with E-state index in [1.165, 1.54) is 12.1 Å². The van der Waals surface area contributed by atoms with Crippen LogP contribution in [-0.4, -0.2) is 73.5 Å². The molecule has 4 nitrogen and oxygen atoms in total. The first-order chi connectivity index (χ1) is 6.13. The van der Waals surface area contributed by atoms with E-state index in [-0.39, 0.29) is 56.9 Å². The van der Waals surface area contributed by atoms with E-state index >= 15 is 0 Å². The van der Waals surface area contributed by atoms with Crippen LogP contribution in [-0.2, 0) is 9.59 Å². The standard InChI is InChI=1S/C9H8O4.K.H/c10-8(11)7(9(12)13)6-4-2-1-3-5-6;;/h1-5,7H,(H,10,11)(H,12,13);;. The van der Waals surface area contributed by atoms with Crippen LogP contribution in [0.15, 0.2) is 30.3 Å². The van der Waals surface area contributed by atoms with Gasteiger partial charge in [-0.2, -0.15) is 0 Å². The normalized spacial score (nSPS) is 9.21. The van der Waals surface area contributed by atoms with Crippen LogP contribution in [0.3, 0.4) is 0 Å². The minimum absolute atomic E-state index is 0. The molecule has 0 saturated heterocycles. The van der Waals surface area contributed by atoms with Crippen LogP contribution in [0.5, 0.6) is 0 Å². The topological polar surface area (TPSA) is 74.6 Å². The first kappa shape index (κ1) is 13.8. The zero-order valence-electron chi connectivity index (χ0n) is 6.68. The number of hydrogen-bond acceptors (Lipinski definition) is 2. The van der Waals surface area contributed by atoms with E-state index in [0.29, 0.717) is 0 Å². The molecule has 0 aromatic heterocycles. The number of aliphatic carboxylic acids is 2. The average Bonchev–Trinajstić information content (AvgIpc) is 2.04. The van der Waals surface area contributed by atoms with E-state index in [1.807, 2.05) is 0 Å². The summed E-state index contributed by atoms with van der Waals surface area (Å²) in [4.78, 5) is 21.1. The van der Waals surface area contributed by atoms with Crippen LogP contribution in [0.25, 0.3) is 0 Å². The van der Waals surface area contributed by atoms with Crippen molar-refractivity contribution in [2.24, 2.45) is 0 Å². The van der Waals surface area contributed by atoms with E-state index in [1.54, 1.807) is 18.2 Å². The number of rotatable bonds is 3. The predicted octanol–water partition coefficient (Wildman–Crippen LogP) is 0.291. The Kier molecular flexibility index (Phi) is 6.22. The third-order valence-electron chi connectivity index (χ3n) is 1.63. The van der Waals surface area contributed by atoms with E-state index in [0.717, 1.165) is 0 Å². The second kappa shape index (κ2) is 6.31. The molecule has 0 radical (unpaired) electrons. The second-order valence-corrected chi connectivity index (χ2v) is 2.52. The van der Waals surface area contributed by atoms with Crippen molar-refractivity contribution < 1.29 is 19.8 Å². The Morgan fingerprint density at radius 1 is 1.00 bits per heavy atom. The van der Waals surface area contributed by atoms with Gasteiger partial charge in [0.05, 0.1) is 0 Å². The van der Waals surface area contributed by atoms with Gasteiger partial charge in [-0.25, -0.2) is 0 Å². The quantitative estimate of drug-likeness (QED) is 0.567. The molecule has 0 aliphatic carbocycles. The van der Waals surface area contributed by atoms with Crippen molar-refractivity contribution in [3.8, 4) is 0 Å². The van der Waals surface area contributed by atoms with Crippen LogP contribution in [0, 0.1) is 0 Å². The van der Waals surface area contributed by atoms with Gasteiger partial charge in [-0.15, -0.1) is 0 Å². The molecule has 0 heterocycles. The summed E-state index contributed by atoms with van der Waals surface area (Å²) >= 11 is 0. The van der Waals surface area contributed by atoms with Crippen molar-refractivity contribution in [1.82, 2.24) is 0 Å². The molecule has 0 fully saturated rings. The Bertz CT molecular complexity index is 309. The van der Waals surface area contributed by atoms with Crippen molar-refractivity contribution >= 4 is 63.3 Å². The zero-order chi connectivity index (χ0) is 9.84. The third-order valence-corrected chi connectivity index (χ3v) is 1.63. The molecule has 1 rings (SSSR count). The Balaban J connectivity index is 0.00000169. The molecule has 0 saturated carbocycles. The molecule has 70 valence electrons. The van der Waals surface area contributed by atoms with Gasteiger partial charge in [-0.05, 0) is 5.56 Å². The Labute approximate surface area is 123 Å². The molecule has 1 aromatic rings. The molecule has 2 N–H and O–H groups in total. The second-order valence-electron chi connectivity index (χ2n) is 2.52.